The molecule has 0 radical (unpaired) electrons. The number of carbonyl (C=O) groups is 1. The summed E-state index contributed by atoms with van der Waals surface area (Å²) in [6.45, 7) is -0.169. The third-order valence-corrected chi connectivity index (χ3v) is 6.71. The lowest BCUT2D eigenvalue weighted by atomic mass is 10.2. The summed E-state index contributed by atoms with van der Waals surface area (Å²) in [5, 5.41) is 7.77. The standard InChI is InChI=1S/C29H20Br2N4O3/c30-23-15-19(16-24(31)27(23)38-18-26(36)33-21-11-5-2-6-12-21)17-32-35-28(20-9-3-1-4-10-20)34-25-14-8-7-13-22(25)29(35)37/h1-17H,18H2,(H,33,36). The minimum Gasteiger partial charge on any atom is -0.481 e. The van der Waals surface area contributed by atoms with Crippen LogP contribution in [0.15, 0.2) is 116 Å². The van der Waals surface area contributed by atoms with Crippen LogP contribution in [0.5, 0.6) is 5.75 Å². The first-order chi connectivity index (χ1) is 18.5. The third-order valence-electron chi connectivity index (χ3n) is 5.53. The minimum atomic E-state index is -0.280. The van der Waals surface area contributed by atoms with Gasteiger partial charge < -0.3 is 10.1 Å². The molecule has 1 amide bonds. The van der Waals surface area contributed by atoms with Crippen LogP contribution >= 0.6 is 31.9 Å². The fourth-order valence-corrected chi connectivity index (χ4v) is 5.23. The van der Waals surface area contributed by atoms with Crippen molar-refractivity contribution in [1.82, 2.24) is 9.66 Å². The van der Waals surface area contributed by atoms with Gasteiger partial charge in [0.2, 0.25) is 0 Å². The number of rotatable bonds is 7. The van der Waals surface area contributed by atoms with E-state index in [-0.39, 0.29) is 18.1 Å². The molecule has 5 aromatic rings. The van der Waals surface area contributed by atoms with Gasteiger partial charge in [-0.05, 0) is 73.8 Å². The summed E-state index contributed by atoms with van der Waals surface area (Å²) in [5.74, 6) is 0.630. The molecule has 0 aliphatic heterocycles. The average molecular weight is 632 g/mol. The van der Waals surface area contributed by atoms with Gasteiger partial charge >= 0.3 is 0 Å². The van der Waals surface area contributed by atoms with Crippen LogP contribution in [0.4, 0.5) is 5.69 Å². The number of amides is 1. The van der Waals surface area contributed by atoms with Crippen LogP contribution in [-0.2, 0) is 4.79 Å². The maximum atomic E-state index is 13.3. The average Bonchev–Trinajstić information content (AvgIpc) is 2.93. The summed E-state index contributed by atoms with van der Waals surface area (Å²) in [7, 11) is 0. The molecule has 9 heteroatoms. The molecule has 0 fully saturated rings. The minimum absolute atomic E-state index is 0.169. The lowest BCUT2D eigenvalue weighted by Gasteiger charge is -2.12. The maximum absolute atomic E-state index is 13.3. The SMILES string of the molecule is O=C(COc1c(Br)cc(C=Nn2c(-c3ccccc3)nc3ccccc3c2=O)cc1Br)Nc1ccccc1. The highest BCUT2D eigenvalue weighted by molar-refractivity contribution is 9.11. The second-order valence-electron chi connectivity index (χ2n) is 8.20. The van der Waals surface area contributed by atoms with E-state index in [0.29, 0.717) is 42.7 Å². The normalized spacial score (nSPS) is 11.1. The van der Waals surface area contributed by atoms with Crippen molar-refractivity contribution in [2.24, 2.45) is 5.10 Å². The van der Waals surface area contributed by atoms with Gasteiger partial charge in [0.15, 0.2) is 12.4 Å². The molecule has 0 aliphatic rings. The molecule has 1 heterocycles. The number of nitrogens with zero attached hydrogens (tertiary/aromatic N) is 3. The lowest BCUT2D eigenvalue weighted by molar-refractivity contribution is -0.118. The largest absolute Gasteiger partial charge is 0.481 e. The van der Waals surface area contributed by atoms with Crippen LogP contribution in [0.2, 0.25) is 0 Å². The van der Waals surface area contributed by atoms with Gasteiger partial charge in [0.05, 0.1) is 26.1 Å². The van der Waals surface area contributed by atoms with Gasteiger partial charge in [-0.1, -0.05) is 60.7 Å². The van der Waals surface area contributed by atoms with Crippen molar-refractivity contribution in [1.29, 1.82) is 0 Å². The van der Waals surface area contributed by atoms with E-state index in [0.717, 1.165) is 5.56 Å². The Labute approximate surface area is 235 Å². The van der Waals surface area contributed by atoms with Crippen LogP contribution < -0.4 is 15.6 Å². The van der Waals surface area contributed by atoms with Crippen molar-refractivity contribution in [3.63, 3.8) is 0 Å². The summed E-state index contributed by atoms with van der Waals surface area (Å²) in [4.78, 5) is 30.3. The van der Waals surface area contributed by atoms with E-state index >= 15 is 0 Å². The molecular weight excluding hydrogens is 612 g/mol. The first-order valence-electron chi connectivity index (χ1n) is 11.6. The Hall–Kier alpha value is -4.08. The Morgan fingerprint density at radius 2 is 1.55 bits per heavy atom. The van der Waals surface area contributed by atoms with Gasteiger partial charge in [0.25, 0.3) is 11.5 Å². The monoisotopic (exact) mass is 630 g/mol. The molecule has 0 atom stereocenters. The van der Waals surface area contributed by atoms with E-state index in [9.17, 15) is 9.59 Å². The molecule has 0 saturated carbocycles. The van der Waals surface area contributed by atoms with E-state index in [1.165, 1.54) is 4.68 Å². The number of halogens is 2. The second kappa shape index (κ2) is 11.5. The predicted molar refractivity (Wildman–Crippen MR) is 157 cm³/mol. The van der Waals surface area contributed by atoms with E-state index in [2.05, 4.69) is 42.3 Å². The van der Waals surface area contributed by atoms with E-state index < -0.39 is 0 Å². The topological polar surface area (TPSA) is 85.6 Å². The molecule has 5 rings (SSSR count). The van der Waals surface area contributed by atoms with Crippen molar-refractivity contribution < 1.29 is 9.53 Å². The first-order valence-corrected chi connectivity index (χ1v) is 13.2. The fourth-order valence-electron chi connectivity index (χ4n) is 3.78. The van der Waals surface area contributed by atoms with Crippen molar-refractivity contribution in [3.8, 4) is 17.1 Å². The van der Waals surface area contributed by atoms with Crippen molar-refractivity contribution in [3.05, 3.63) is 122 Å². The molecular formula is C29H20Br2N4O3. The molecule has 1 aromatic heterocycles. The van der Waals surface area contributed by atoms with Crippen LogP contribution in [0, 0.1) is 0 Å². The quantitative estimate of drug-likeness (QED) is 0.208. The number of fused-ring (bicyclic) bond motifs is 1. The number of para-hydroxylation sites is 2. The Morgan fingerprint density at radius 1 is 0.921 bits per heavy atom. The highest BCUT2D eigenvalue weighted by Gasteiger charge is 2.14. The number of hydrogen-bond acceptors (Lipinski definition) is 5. The molecule has 38 heavy (non-hydrogen) atoms. The number of ether oxygens (including phenoxy) is 1. The number of carbonyl (C=O) groups excluding carboxylic acids is 1. The fraction of sp³-hybridized carbons (Fsp3) is 0.0345. The Kier molecular flexibility index (Phi) is 7.76. The summed E-state index contributed by atoms with van der Waals surface area (Å²) in [6.07, 6.45) is 1.58. The van der Waals surface area contributed by atoms with Crippen LogP contribution in [0.25, 0.3) is 22.3 Å². The van der Waals surface area contributed by atoms with Gasteiger partial charge in [0.1, 0.15) is 5.75 Å². The summed E-state index contributed by atoms with van der Waals surface area (Å²) >= 11 is 7.02. The van der Waals surface area contributed by atoms with Crippen molar-refractivity contribution >= 4 is 60.6 Å². The third kappa shape index (κ3) is 5.74. The number of nitrogens with one attached hydrogen (secondary N) is 1. The number of hydrogen-bond donors (Lipinski definition) is 1. The maximum Gasteiger partial charge on any atom is 0.282 e. The summed E-state index contributed by atoms with van der Waals surface area (Å²) < 4.78 is 8.29. The van der Waals surface area contributed by atoms with E-state index in [1.807, 2.05) is 60.7 Å². The predicted octanol–water partition coefficient (Wildman–Crippen LogP) is 6.49. The molecule has 4 aromatic carbocycles. The summed E-state index contributed by atoms with van der Waals surface area (Å²) in [5.41, 5.74) is 2.50. The van der Waals surface area contributed by atoms with E-state index in [4.69, 9.17) is 9.72 Å². The zero-order valence-corrected chi connectivity index (χ0v) is 23.0. The second-order valence-corrected chi connectivity index (χ2v) is 9.91. The molecule has 0 aliphatic carbocycles. The van der Waals surface area contributed by atoms with Crippen molar-refractivity contribution in [2.45, 2.75) is 0 Å². The van der Waals surface area contributed by atoms with Crippen molar-refractivity contribution in [2.75, 3.05) is 11.9 Å². The Morgan fingerprint density at radius 3 is 2.26 bits per heavy atom. The van der Waals surface area contributed by atoms with E-state index in [1.54, 1.807) is 42.6 Å². The molecule has 0 unspecified atom stereocenters. The Bertz CT molecular complexity index is 1680. The number of aromatic nitrogens is 2. The zero-order chi connectivity index (χ0) is 26.5. The highest BCUT2D eigenvalue weighted by atomic mass is 79.9. The molecule has 188 valence electrons. The van der Waals surface area contributed by atoms with Crippen LogP contribution in [0.3, 0.4) is 0 Å². The smallest absolute Gasteiger partial charge is 0.282 e. The molecule has 7 nitrogen and oxygen atoms in total. The zero-order valence-electron chi connectivity index (χ0n) is 19.8. The number of benzene rings is 4. The van der Waals surface area contributed by atoms with Gasteiger partial charge in [0, 0.05) is 11.3 Å². The van der Waals surface area contributed by atoms with Crippen LogP contribution in [-0.4, -0.2) is 28.4 Å². The molecule has 0 spiro atoms. The van der Waals surface area contributed by atoms with Gasteiger partial charge in [-0.2, -0.15) is 9.78 Å². The lowest BCUT2D eigenvalue weighted by Crippen LogP contribution is -2.20. The number of anilines is 1. The van der Waals surface area contributed by atoms with Gasteiger partial charge in [-0.3, -0.25) is 9.59 Å². The Balaban J connectivity index is 1.41. The first kappa shape index (κ1) is 25.6. The molecule has 0 saturated heterocycles. The van der Waals surface area contributed by atoms with Crippen LogP contribution in [0.1, 0.15) is 5.56 Å². The molecule has 1 N–H and O–H groups in total. The summed E-state index contributed by atoms with van der Waals surface area (Å²) in [6, 6.07) is 29.4. The van der Waals surface area contributed by atoms with Gasteiger partial charge in [-0.15, -0.1) is 0 Å². The highest BCUT2D eigenvalue weighted by Crippen LogP contribution is 2.34. The van der Waals surface area contributed by atoms with Gasteiger partial charge in [-0.25, -0.2) is 4.98 Å². The molecule has 0 bridgehead atoms.